The van der Waals surface area contributed by atoms with E-state index in [0.717, 1.165) is 11.4 Å². The number of nitrogens with zero attached hydrogens (tertiary/aromatic N) is 6. The highest BCUT2D eigenvalue weighted by atomic mass is 32.1. The van der Waals surface area contributed by atoms with Crippen molar-refractivity contribution in [1.82, 2.24) is 19.6 Å². The van der Waals surface area contributed by atoms with E-state index in [9.17, 15) is 0 Å². The van der Waals surface area contributed by atoms with Gasteiger partial charge in [0.2, 0.25) is 9.60 Å². The Morgan fingerprint density at radius 2 is 1.04 bits per heavy atom. The summed E-state index contributed by atoms with van der Waals surface area (Å²) < 4.78 is 3.38. The molecule has 2 heterocycles. The van der Waals surface area contributed by atoms with Crippen molar-refractivity contribution in [2.24, 2.45) is 21.9 Å². The highest BCUT2D eigenvalue weighted by Gasteiger charge is 2.15. The van der Waals surface area contributed by atoms with Crippen LogP contribution >= 0.6 is 22.7 Å². The molecule has 0 aliphatic heterocycles. The van der Waals surface area contributed by atoms with Crippen molar-refractivity contribution in [1.29, 1.82) is 0 Å². The molecule has 0 atom stereocenters. The summed E-state index contributed by atoms with van der Waals surface area (Å²) in [7, 11) is 0. The number of aromatic nitrogens is 4. The fourth-order valence-electron chi connectivity index (χ4n) is 2.38. The lowest BCUT2D eigenvalue weighted by atomic mass is 10.3. The predicted octanol–water partition coefficient (Wildman–Crippen LogP) is 1.40. The summed E-state index contributed by atoms with van der Waals surface area (Å²) >= 11 is 2.69. The van der Waals surface area contributed by atoms with E-state index in [0.29, 0.717) is 19.6 Å². The highest BCUT2D eigenvalue weighted by Crippen LogP contribution is 2.21. The van der Waals surface area contributed by atoms with Crippen LogP contribution in [0.25, 0.3) is 21.4 Å². The maximum Gasteiger partial charge on any atom is 0.230 e. The average Bonchev–Trinajstić information content (AvgIpc) is 3.33. The molecule has 0 unspecified atom stereocenters. The summed E-state index contributed by atoms with van der Waals surface area (Å²) in [4.78, 5) is 1.14. The normalized spacial score (nSPS) is 12.6. The van der Waals surface area contributed by atoms with Crippen molar-refractivity contribution < 1.29 is 0 Å². The maximum absolute atomic E-state index is 5.55. The molecular weight excluding hydrogens is 368 g/mol. The number of hydrogen-bond donors (Lipinski definition) is 2. The Kier molecular flexibility index (Phi) is 4.33. The molecule has 0 saturated carbocycles. The molecule has 0 saturated heterocycles. The van der Waals surface area contributed by atoms with E-state index in [1.54, 1.807) is 9.36 Å². The number of benzene rings is 2. The summed E-state index contributed by atoms with van der Waals surface area (Å²) in [5.41, 5.74) is 1.74. The summed E-state index contributed by atoms with van der Waals surface area (Å²) in [5, 5.41) is 18.3. The molecule has 0 radical (unpaired) electrons. The van der Waals surface area contributed by atoms with E-state index in [1.165, 1.54) is 22.7 Å². The van der Waals surface area contributed by atoms with Crippen LogP contribution in [0.1, 0.15) is 0 Å². The van der Waals surface area contributed by atoms with Crippen molar-refractivity contribution in [2.75, 3.05) is 0 Å². The van der Waals surface area contributed by atoms with Gasteiger partial charge in [0.25, 0.3) is 0 Å². The molecule has 0 spiro atoms. The molecule has 4 aromatic rings. The summed E-state index contributed by atoms with van der Waals surface area (Å²) in [5.74, 6) is 11.1. The van der Waals surface area contributed by atoms with Crippen molar-refractivity contribution >= 4 is 22.7 Å². The van der Waals surface area contributed by atoms with E-state index < -0.39 is 0 Å². The monoisotopic (exact) mass is 382 g/mol. The predicted molar refractivity (Wildman–Crippen MR) is 101 cm³/mol. The zero-order chi connectivity index (χ0) is 17.9. The minimum Gasteiger partial charge on any atom is -0.320 e. The third-order valence-electron chi connectivity index (χ3n) is 3.53. The molecule has 0 fully saturated rings. The number of nitrogens with two attached hydrogens (primary N) is 2. The minimum atomic E-state index is 0.568. The fourth-order valence-corrected chi connectivity index (χ4v) is 4.05. The Labute approximate surface area is 156 Å². The van der Waals surface area contributed by atoms with Gasteiger partial charge >= 0.3 is 0 Å². The van der Waals surface area contributed by atoms with Gasteiger partial charge < -0.3 is 11.7 Å². The van der Waals surface area contributed by atoms with Crippen LogP contribution in [-0.2, 0) is 0 Å². The van der Waals surface area contributed by atoms with Gasteiger partial charge in [-0.3, -0.25) is 0 Å². The van der Waals surface area contributed by atoms with E-state index in [2.05, 4.69) is 20.4 Å². The van der Waals surface area contributed by atoms with Crippen molar-refractivity contribution in [2.45, 2.75) is 0 Å². The largest absolute Gasteiger partial charge is 0.320 e. The van der Waals surface area contributed by atoms with E-state index in [4.69, 9.17) is 11.7 Å². The zero-order valence-electron chi connectivity index (χ0n) is 13.4. The van der Waals surface area contributed by atoms with Crippen LogP contribution in [0.5, 0.6) is 0 Å². The van der Waals surface area contributed by atoms with Crippen LogP contribution in [0.4, 0.5) is 0 Å². The van der Waals surface area contributed by atoms with Gasteiger partial charge in [-0.05, 0) is 24.3 Å². The first kappa shape index (κ1) is 16.2. The Balaban J connectivity index is 1.85. The van der Waals surface area contributed by atoms with E-state index >= 15 is 0 Å². The fraction of sp³-hybridized carbons (Fsp3) is 0. The molecule has 8 nitrogen and oxygen atoms in total. The molecule has 4 N–H and O–H groups in total. The van der Waals surface area contributed by atoms with Crippen LogP contribution < -0.4 is 21.3 Å². The van der Waals surface area contributed by atoms with Gasteiger partial charge in [-0.25, -0.2) is 9.36 Å². The second-order valence-corrected chi connectivity index (χ2v) is 7.04. The first-order valence-electron chi connectivity index (χ1n) is 7.59. The van der Waals surface area contributed by atoms with Gasteiger partial charge in [-0.15, -0.1) is 0 Å². The molecule has 4 rings (SSSR count). The lowest BCUT2D eigenvalue weighted by molar-refractivity contribution is 0.808. The first-order valence-corrected chi connectivity index (χ1v) is 9.23. The SMILES string of the molecule is N/N=c1\sc(-c2nn(-c3ccccc3)/c(=N/N)s2)nn1-c1ccccc1. The summed E-state index contributed by atoms with van der Waals surface area (Å²) in [6.45, 7) is 0. The number of hydrogen-bond acceptors (Lipinski definition) is 8. The van der Waals surface area contributed by atoms with Gasteiger partial charge in [-0.2, -0.15) is 20.4 Å². The summed E-state index contributed by atoms with van der Waals surface area (Å²) in [6.07, 6.45) is 0. The maximum atomic E-state index is 5.55. The van der Waals surface area contributed by atoms with Crippen LogP contribution in [0.3, 0.4) is 0 Å². The van der Waals surface area contributed by atoms with E-state index in [-0.39, 0.29) is 0 Å². The zero-order valence-corrected chi connectivity index (χ0v) is 15.1. The van der Waals surface area contributed by atoms with Crippen LogP contribution in [0.2, 0.25) is 0 Å². The van der Waals surface area contributed by atoms with Gasteiger partial charge in [0.15, 0.2) is 10.0 Å². The first-order chi connectivity index (χ1) is 12.8. The number of para-hydroxylation sites is 2. The molecule has 0 aliphatic carbocycles. The molecule has 2 aromatic heterocycles. The van der Waals surface area contributed by atoms with E-state index in [1.807, 2.05) is 60.7 Å². The van der Waals surface area contributed by atoms with Gasteiger partial charge in [0.1, 0.15) is 0 Å². The van der Waals surface area contributed by atoms with Crippen LogP contribution in [0.15, 0.2) is 70.9 Å². The quantitative estimate of drug-likeness (QED) is 0.412. The second kappa shape index (κ2) is 6.94. The topological polar surface area (TPSA) is 112 Å². The lowest BCUT2D eigenvalue weighted by Crippen LogP contribution is -2.16. The Morgan fingerprint density at radius 1 is 0.654 bits per heavy atom. The third-order valence-corrected chi connectivity index (χ3v) is 5.51. The minimum absolute atomic E-state index is 0.568. The third kappa shape index (κ3) is 2.91. The molecule has 130 valence electrons. The average molecular weight is 382 g/mol. The highest BCUT2D eigenvalue weighted by molar-refractivity contribution is 7.19. The molecule has 10 heteroatoms. The Bertz CT molecular complexity index is 1060. The summed E-state index contributed by atoms with van der Waals surface area (Å²) in [6, 6.07) is 19.3. The Hall–Kier alpha value is -3.24. The molecular formula is C16H14N8S2. The molecule has 0 aliphatic rings. The Morgan fingerprint density at radius 3 is 1.38 bits per heavy atom. The van der Waals surface area contributed by atoms with Crippen molar-refractivity contribution in [3.8, 4) is 21.4 Å². The van der Waals surface area contributed by atoms with Crippen LogP contribution in [0, 0.1) is 0 Å². The number of rotatable bonds is 3. The molecule has 0 bridgehead atoms. The second-order valence-electron chi connectivity index (χ2n) is 5.13. The smallest absolute Gasteiger partial charge is 0.230 e. The molecule has 26 heavy (non-hydrogen) atoms. The van der Waals surface area contributed by atoms with Crippen molar-refractivity contribution in [3.63, 3.8) is 0 Å². The lowest BCUT2D eigenvalue weighted by Gasteiger charge is -1.99. The van der Waals surface area contributed by atoms with Crippen molar-refractivity contribution in [3.05, 3.63) is 70.3 Å². The molecule has 0 amide bonds. The van der Waals surface area contributed by atoms with Crippen LogP contribution in [-0.4, -0.2) is 19.6 Å². The van der Waals surface area contributed by atoms with Gasteiger partial charge in [0.05, 0.1) is 11.4 Å². The standard InChI is InChI=1S/C16H14N8S2/c17-19-15-23(11-7-3-1-4-8-11)21-13(25-15)14-22-24(16(20-18)26-14)12-9-5-2-6-10-12/h1-10H,17-18H2/b19-15-,20-16-. The van der Waals surface area contributed by atoms with Gasteiger partial charge in [0, 0.05) is 0 Å². The molecule has 2 aromatic carbocycles. The van der Waals surface area contributed by atoms with Gasteiger partial charge in [-0.1, -0.05) is 59.1 Å².